The Bertz CT molecular complexity index is 275. The molecule has 0 aliphatic heterocycles. The summed E-state index contributed by atoms with van der Waals surface area (Å²) < 4.78 is 1.11. The normalized spacial score (nSPS) is 10.5. The van der Waals surface area contributed by atoms with E-state index >= 15 is 0 Å². The summed E-state index contributed by atoms with van der Waals surface area (Å²) in [5.74, 6) is 1.04. The molecule has 4 heteroatoms. The number of hydrogen-bond acceptors (Lipinski definition) is 3. The fourth-order valence-electron chi connectivity index (χ4n) is 1.28. The van der Waals surface area contributed by atoms with E-state index in [1.807, 2.05) is 6.20 Å². The minimum atomic E-state index is 0.480. The number of nitrogens with zero attached hydrogens (tertiary/aromatic N) is 3. The number of halogens is 1. The van der Waals surface area contributed by atoms with E-state index in [2.05, 4.69) is 58.2 Å². The van der Waals surface area contributed by atoms with E-state index in [9.17, 15) is 0 Å². The zero-order valence-corrected chi connectivity index (χ0v) is 10.3. The Kier molecular flexibility index (Phi) is 3.90. The van der Waals surface area contributed by atoms with Gasteiger partial charge in [0.05, 0.1) is 3.57 Å². The fraction of sp³-hybridized carbons (Fsp3) is 0.556. The van der Waals surface area contributed by atoms with Crippen molar-refractivity contribution < 1.29 is 0 Å². The van der Waals surface area contributed by atoms with Crippen LogP contribution in [-0.4, -0.2) is 22.6 Å². The Morgan fingerprint density at radius 3 is 2.69 bits per heavy atom. The summed E-state index contributed by atoms with van der Waals surface area (Å²) in [6, 6.07) is 0.480. The maximum atomic E-state index is 4.28. The highest BCUT2D eigenvalue weighted by atomic mass is 127. The molecule has 72 valence electrons. The summed E-state index contributed by atoms with van der Waals surface area (Å²) in [5.41, 5.74) is 0. The number of hydrogen-bond donors (Lipinski definition) is 0. The van der Waals surface area contributed by atoms with Gasteiger partial charge in [-0.1, -0.05) is 0 Å². The second kappa shape index (κ2) is 4.74. The molecule has 0 fully saturated rings. The maximum Gasteiger partial charge on any atom is 0.145 e. The topological polar surface area (TPSA) is 29.0 Å². The summed E-state index contributed by atoms with van der Waals surface area (Å²) in [5, 5.41) is 0. The van der Waals surface area contributed by atoms with Gasteiger partial charge >= 0.3 is 0 Å². The summed E-state index contributed by atoms with van der Waals surface area (Å²) in [6.07, 6.45) is 3.44. The van der Waals surface area contributed by atoms with Gasteiger partial charge in [0.2, 0.25) is 0 Å². The van der Waals surface area contributed by atoms with Crippen LogP contribution in [0.5, 0.6) is 0 Å². The molecule has 0 bridgehead atoms. The van der Waals surface area contributed by atoms with E-state index in [0.717, 1.165) is 15.9 Å². The van der Waals surface area contributed by atoms with Crippen LogP contribution >= 0.6 is 22.6 Å². The highest BCUT2D eigenvalue weighted by molar-refractivity contribution is 14.1. The smallest absolute Gasteiger partial charge is 0.145 e. The van der Waals surface area contributed by atoms with E-state index in [-0.39, 0.29) is 0 Å². The van der Waals surface area contributed by atoms with Crippen LogP contribution in [0.1, 0.15) is 20.8 Å². The molecule has 0 unspecified atom stereocenters. The van der Waals surface area contributed by atoms with Crippen molar-refractivity contribution in [2.24, 2.45) is 0 Å². The lowest BCUT2D eigenvalue weighted by Crippen LogP contribution is -2.31. The molecule has 0 spiro atoms. The van der Waals surface area contributed by atoms with Gasteiger partial charge in [-0.25, -0.2) is 9.97 Å². The van der Waals surface area contributed by atoms with Crippen molar-refractivity contribution in [2.45, 2.75) is 26.8 Å². The summed E-state index contributed by atoms with van der Waals surface area (Å²) >= 11 is 2.27. The molecule has 0 N–H and O–H groups in total. The molecule has 3 nitrogen and oxygen atoms in total. The third kappa shape index (κ3) is 2.52. The first-order chi connectivity index (χ1) is 6.16. The van der Waals surface area contributed by atoms with Gasteiger partial charge in [-0.15, -0.1) is 0 Å². The van der Waals surface area contributed by atoms with E-state index in [0.29, 0.717) is 6.04 Å². The van der Waals surface area contributed by atoms with Gasteiger partial charge in [-0.3, -0.25) is 0 Å². The molecule has 0 aliphatic rings. The Morgan fingerprint density at radius 1 is 1.54 bits per heavy atom. The van der Waals surface area contributed by atoms with E-state index in [1.54, 1.807) is 6.33 Å². The largest absolute Gasteiger partial charge is 0.353 e. The molecule has 13 heavy (non-hydrogen) atoms. The Morgan fingerprint density at radius 2 is 2.23 bits per heavy atom. The zero-order valence-electron chi connectivity index (χ0n) is 8.16. The van der Waals surface area contributed by atoms with Crippen LogP contribution < -0.4 is 4.90 Å². The van der Waals surface area contributed by atoms with Crippen molar-refractivity contribution in [3.63, 3.8) is 0 Å². The summed E-state index contributed by atoms with van der Waals surface area (Å²) in [4.78, 5) is 10.5. The predicted molar refractivity (Wildman–Crippen MR) is 62.9 cm³/mol. The van der Waals surface area contributed by atoms with Crippen LogP contribution in [0, 0.1) is 3.57 Å². The van der Waals surface area contributed by atoms with Gasteiger partial charge in [0.1, 0.15) is 12.1 Å². The lowest BCUT2D eigenvalue weighted by Gasteiger charge is -2.26. The van der Waals surface area contributed by atoms with E-state index < -0.39 is 0 Å². The molecule has 0 amide bonds. The van der Waals surface area contributed by atoms with Crippen molar-refractivity contribution in [1.82, 2.24) is 9.97 Å². The molecular weight excluding hydrogens is 277 g/mol. The first kappa shape index (κ1) is 10.7. The molecule has 0 atom stereocenters. The molecule has 1 heterocycles. The second-order valence-electron chi connectivity index (χ2n) is 3.07. The first-order valence-corrected chi connectivity index (χ1v) is 5.46. The van der Waals surface area contributed by atoms with Crippen molar-refractivity contribution >= 4 is 28.4 Å². The number of aromatic nitrogens is 2. The van der Waals surface area contributed by atoms with Crippen molar-refractivity contribution in [3.8, 4) is 0 Å². The van der Waals surface area contributed by atoms with Crippen LogP contribution in [0.25, 0.3) is 0 Å². The predicted octanol–water partition coefficient (Wildman–Crippen LogP) is 2.32. The first-order valence-electron chi connectivity index (χ1n) is 4.39. The maximum absolute atomic E-state index is 4.28. The van der Waals surface area contributed by atoms with Gasteiger partial charge in [-0.05, 0) is 43.4 Å². The number of rotatable bonds is 3. The minimum absolute atomic E-state index is 0.480. The minimum Gasteiger partial charge on any atom is -0.353 e. The van der Waals surface area contributed by atoms with Gasteiger partial charge in [-0.2, -0.15) is 0 Å². The third-order valence-corrected chi connectivity index (χ3v) is 2.65. The molecule has 0 aromatic carbocycles. The lowest BCUT2D eigenvalue weighted by atomic mass is 10.3. The Hall–Kier alpha value is -0.390. The fourth-order valence-corrected chi connectivity index (χ4v) is 1.89. The van der Waals surface area contributed by atoms with Crippen LogP contribution in [0.2, 0.25) is 0 Å². The van der Waals surface area contributed by atoms with Crippen molar-refractivity contribution in [3.05, 3.63) is 16.1 Å². The van der Waals surface area contributed by atoms with Gasteiger partial charge < -0.3 is 4.90 Å². The Balaban J connectivity index is 2.97. The van der Waals surface area contributed by atoms with E-state index in [1.165, 1.54) is 0 Å². The standard InChI is InChI=1S/C9H14IN3/c1-4-13(7(2)3)9-8(10)5-11-6-12-9/h5-7H,4H2,1-3H3. The van der Waals surface area contributed by atoms with Gasteiger partial charge in [0.25, 0.3) is 0 Å². The molecular formula is C9H14IN3. The van der Waals surface area contributed by atoms with Crippen molar-refractivity contribution in [2.75, 3.05) is 11.4 Å². The molecule has 0 saturated carbocycles. The molecule has 1 aromatic rings. The highest BCUT2D eigenvalue weighted by Gasteiger charge is 2.12. The molecule has 1 rings (SSSR count). The summed E-state index contributed by atoms with van der Waals surface area (Å²) in [7, 11) is 0. The monoisotopic (exact) mass is 291 g/mol. The highest BCUT2D eigenvalue weighted by Crippen LogP contribution is 2.19. The van der Waals surface area contributed by atoms with Gasteiger partial charge in [0.15, 0.2) is 0 Å². The SMILES string of the molecule is CCN(c1ncncc1I)C(C)C. The van der Waals surface area contributed by atoms with E-state index in [4.69, 9.17) is 0 Å². The van der Waals surface area contributed by atoms with Crippen molar-refractivity contribution in [1.29, 1.82) is 0 Å². The third-order valence-electron chi connectivity index (χ3n) is 1.88. The lowest BCUT2D eigenvalue weighted by molar-refractivity contribution is 0.690. The quantitative estimate of drug-likeness (QED) is 0.800. The Labute approximate surface area is 92.7 Å². The number of anilines is 1. The van der Waals surface area contributed by atoms with Crippen LogP contribution in [0.3, 0.4) is 0 Å². The van der Waals surface area contributed by atoms with Crippen LogP contribution in [-0.2, 0) is 0 Å². The average molecular weight is 291 g/mol. The van der Waals surface area contributed by atoms with Gasteiger partial charge in [0, 0.05) is 18.8 Å². The molecule has 0 saturated heterocycles. The molecule has 0 radical (unpaired) electrons. The average Bonchev–Trinajstić information content (AvgIpc) is 2.09. The molecule has 1 aromatic heterocycles. The zero-order chi connectivity index (χ0) is 9.84. The second-order valence-corrected chi connectivity index (χ2v) is 4.24. The molecule has 0 aliphatic carbocycles. The van der Waals surface area contributed by atoms with Crippen LogP contribution in [0.15, 0.2) is 12.5 Å². The van der Waals surface area contributed by atoms with Crippen LogP contribution in [0.4, 0.5) is 5.82 Å². The summed E-state index contributed by atoms with van der Waals surface area (Å²) in [6.45, 7) is 7.45.